The molecule has 0 fully saturated rings. The van der Waals surface area contributed by atoms with E-state index in [4.69, 9.17) is 23.2 Å². The Labute approximate surface area is 87.8 Å². The molecule has 4 heteroatoms. The SMILES string of the molecule is Cc1c(F)c(I)cc(Cl)c1Cl. The predicted octanol–water partition coefficient (Wildman–Crippen LogP) is 4.05. The Bertz CT molecular complexity index is 273. The molecule has 0 radical (unpaired) electrons. The van der Waals surface area contributed by atoms with Crippen LogP contribution in [0.1, 0.15) is 5.56 Å². The molecule has 1 aromatic carbocycles. The van der Waals surface area contributed by atoms with E-state index < -0.39 is 0 Å². The standard InChI is InChI=1S/C7H4Cl2FI/c1-3-6(9)4(8)2-5(11)7(3)10/h2H,1H3. The molecule has 0 spiro atoms. The zero-order chi connectivity index (χ0) is 8.59. The maximum absolute atomic E-state index is 13.0. The van der Waals surface area contributed by atoms with Gasteiger partial charge in [0, 0.05) is 5.56 Å². The first-order valence-corrected chi connectivity index (χ1v) is 4.67. The fraction of sp³-hybridized carbons (Fsp3) is 0.143. The van der Waals surface area contributed by atoms with Crippen LogP contribution in [0.2, 0.25) is 10.0 Å². The van der Waals surface area contributed by atoms with E-state index in [2.05, 4.69) is 0 Å². The van der Waals surface area contributed by atoms with Gasteiger partial charge in [0.15, 0.2) is 0 Å². The molecule has 0 aliphatic heterocycles. The molecule has 0 saturated carbocycles. The number of halogens is 4. The average molecular weight is 305 g/mol. The van der Waals surface area contributed by atoms with E-state index in [1.165, 1.54) is 6.07 Å². The molecule has 0 aromatic heterocycles. The molecule has 1 rings (SSSR count). The lowest BCUT2D eigenvalue weighted by Gasteiger charge is -2.03. The van der Waals surface area contributed by atoms with Crippen molar-refractivity contribution in [3.63, 3.8) is 0 Å². The fourth-order valence-electron chi connectivity index (χ4n) is 0.693. The van der Waals surface area contributed by atoms with Crippen LogP contribution >= 0.6 is 45.8 Å². The van der Waals surface area contributed by atoms with Crippen molar-refractivity contribution in [2.45, 2.75) is 6.92 Å². The zero-order valence-electron chi connectivity index (χ0n) is 5.59. The summed E-state index contributed by atoms with van der Waals surface area (Å²) >= 11 is 13.2. The summed E-state index contributed by atoms with van der Waals surface area (Å²) in [6.07, 6.45) is 0. The Balaban J connectivity index is 3.46. The molecule has 0 aliphatic rings. The minimum Gasteiger partial charge on any atom is -0.205 e. The lowest BCUT2D eigenvalue weighted by atomic mass is 10.2. The number of hydrogen-bond donors (Lipinski definition) is 0. The molecule has 0 heterocycles. The van der Waals surface area contributed by atoms with E-state index in [-0.39, 0.29) is 5.82 Å². The molecular formula is C7H4Cl2FI. The molecule has 60 valence electrons. The zero-order valence-corrected chi connectivity index (χ0v) is 9.26. The maximum atomic E-state index is 13.0. The lowest BCUT2D eigenvalue weighted by Crippen LogP contribution is -1.88. The van der Waals surface area contributed by atoms with E-state index in [1.807, 2.05) is 22.6 Å². The van der Waals surface area contributed by atoms with Crippen LogP contribution in [0, 0.1) is 16.3 Å². The summed E-state index contributed by atoms with van der Waals surface area (Å²) in [6, 6.07) is 1.51. The van der Waals surface area contributed by atoms with Crippen LogP contribution in [0.4, 0.5) is 4.39 Å². The highest BCUT2D eigenvalue weighted by Crippen LogP contribution is 2.30. The summed E-state index contributed by atoms with van der Waals surface area (Å²) in [7, 11) is 0. The number of benzene rings is 1. The summed E-state index contributed by atoms with van der Waals surface area (Å²) in [5.74, 6) is -0.292. The van der Waals surface area contributed by atoms with Gasteiger partial charge in [-0.2, -0.15) is 0 Å². The molecule has 0 bridgehead atoms. The first-order chi connectivity index (χ1) is 5.04. The van der Waals surface area contributed by atoms with Crippen molar-refractivity contribution in [2.24, 2.45) is 0 Å². The van der Waals surface area contributed by atoms with Crippen molar-refractivity contribution in [1.82, 2.24) is 0 Å². The van der Waals surface area contributed by atoms with Crippen molar-refractivity contribution in [2.75, 3.05) is 0 Å². The van der Waals surface area contributed by atoms with Crippen LogP contribution in [0.25, 0.3) is 0 Å². The van der Waals surface area contributed by atoms with Gasteiger partial charge in [-0.15, -0.1) is 0 Å². The minimum atomic E-state index is -0.292. The summed E-state index contributed by atoms with van der Waals surface area (Å²) in [5.41, 5.74) is 0.406. The molecule has 1 aromatic rings. The second kappa shape index (κ2) is 3.46. The summed E-state index contributed by atoms with van der Waals surface area (Å²) in [6.45, 7) is 1.60. The van der Waals surface area contributed by atoms with Crippen LogP contribution in [0.5, 0.6) is 0 Å². The predicted molar refractivity (Wildman–Crippen MR) is 53.9 cm³/mol. The van der Waals surface area contributed by atoms with Gasteiger partial charge in [0.25, 0.3) is 0 Å². The Hall–Kier alpha value is 0.460. The second-order valence-electron chi connectivity index (χ2n) is 2.09. The second-order valence-corrected chi connectivity index (χ2v) is 4.04. The van der Waals surface area contributed by atoms with Crippen molar-refractivity contribution >= 4 is 45.8 Å². The molecule has 0 unspecified atom stereocenters. The van der Waals surface area contributed by atoms with Gasteiger partial charge in [-0.3, -0.25) is 0 Å². The number of rotatable bonds is 0. The van der Waals surface area contributed by atoms with Crippen molar-refractivity contribution < 1.29 is 4.39 Å². The smallest absolute Gasteiger partial charge is 0.141 e. The first-order valence-electron chi connectivity index (χ1n) is 2.83. The normalized spacial score (nSPS) is 10.3. The molecule has 0 amide bonds. The summed E-state index contributed by atoms with van der Waals surface area (Å²) < 4.78 is 13.5. The highest BCUT2D eigenvalue weighted by molar-refractivity contribution is 14.1. The van der Waals surface area contributed by atoms with Gasteiger partial charge in [-0.1, -0.05) is 23.2 Å². The van der Waals surface area contributed by atoms with Gasteiger partial charge < -0.3 is 0 Å². The van der Waals surface area contributed by atoms with Crippen molar-refractivity contribution in [1.29, 1.82) is 0 Å². The average Bonchev–Trinajstić information content (AvgIpc) is 1.97. The monoisotopic (exact) mass is 304 g/mol. The molecular weight excluding hydrogens is 301 g/mol. The van der Waals surface area contributed by atoms with Gasteiger partial charge in [-0.25, -0.2) is 4.39 Å². The fourth-order valence-corrected chi connectivity index (χ4v) is 1.98. The van der Waals surface area contributed by atoms with Gasteiger partial charge in [-0.05, 0) is 35.6 Å². The van der Waals surface area contributed by atoms with Crippen LogP contribution in [-0.2, 0) is 0 Å². The minimum absolute atomic E-state index is 0.292. The van der Waals surface area contributed by atoms with Gasteiger partial charge in [0.2, 0.25) is 0 Å². The van der Waals surface area contributed by atoms with E-state index in [9.17, 15) is 4.39 Å². The topological polar surface area (TPSA) is 0 Å². The van der Waals surface area contributed by atoms with Gasteiger partial charge in [0.1, 0.15) is 5.82 Å². The van der Waals surface area contributed by atoms with E-state index in [0.29, 0.717) is 19.2 Å². The Morgan fingerprint density at radius 2 is 2.00 bits per heavy atom. The van der Waals surface area contributed by atoms with E-state index >= 15 is 0 Å². The third kappa shape index (κ3) is 1.79. The summed E-state index contributed by atoms with van der Waals surface area (Å²) in [5, 5.41) is 0.694. The third-order valence-electron chi connectivity index (χ3n) is 1.33. The molecule has 0 atom stereocenters. The number of hydrogen-bond acceptors (Lipinski definition) is 0. The van der Waals surface area contributed by atoms with Crippen LogP contribution < -0.4 is 0 Å². The van der Waals surface area contributed by atoms with Gasteiger partial charge >= 0.3 is 0 Å². The van der Waals surface area contributed by atoms with Crippen molar-refractivity contribution in [3.8, 4) is 0 Å². The molecule has 0 aliphatic carbocycles. The quantitative estimate of drug-likeness (QED) is 0.501. The highest BCUT2D eigenvalue weighted by Gasteiger charge is 2.10. The summed E-state index contributed by atoms with van der Waals surface area (Å²) in [4.78, 5) is 0. The van der Waals surface area contributed by atoms with E-state index in [0.717, 1.165) is 0 Å². The lowest BCUT2D eigenvalue weighted by molar-refractivity contribution is 0.611. The van der Waals surface area contributed by atoms with Crippen LogP contribution in [0.15, 0.2) is 6.07 Å². The Kier molecular flexibility index (Phi) is 3.00. The van der Waals surface area contributed by atoms with E-state index in [1.54, 1.807) is 6.92 Å². The molecule has 0 saturated heterocycles. The Morgan fingerprint density at radius 3 is 2.55 bits per heavy atom. The van der Waals surface area contributed by atoms with Crippen LogP contribution in [-0.4, -0.2) is 0 Å². The largest absolute Gasteiger partial charge is 0.205 e. The van der Waals surface area contributed by atoms with Crippen LogP contribution in [0.3, 0.4) is 0 Å². The first kappa shape index (κ1) is 9.55. The third-order valence-corrected chi connectivity index (χ3v) is 3.00. The molecule has 11 heavy (non-hydrogen) atoms. The molecule has 0 N–H and O–H groups in total. The highest BCUT2D eigenvalue weighted by atomic mass is 127. The van der Waals surface area contributed by atoms with Gasteiger partial charge in [0.05, 0.1) is 13.6 Å². The van der Waals surface area contributed by atoms with Crippen molar-refractivity contribution in [3.05, 3.63) is 31.1 Å². The maximum Gasteiger partial charge on any atom is 0.141 e. The Morgan fingerprint density at radius 1 is 1.45 bits per heavy atom. The molecule has 0 nitrogen and oxygen atoms in total.